The van der Waals surface area contributed by atoms with Crippen molar-refractivity contribution in [3.05, 3.63) is 62.9 Å². The van der Waals surface area contributed by atoms with Gasteiger partial charge in [-0.1, -0.05) is 29.3 Å². The molecule has 3 rings (SSSR count). The number of nitrogens with zero attached hydrogens (tertiary/aromatic N) is 2. The van der Waals surface area contributed by atoms with Gasteiger partial charge < -0.3 is 14.4 Å². The Bertz CT molecular complexity index is 1110. The third kappa shape index (κ3) is 4.94. The fourth-order valence-corrected chi connectivity index (χ4v) is 3.57. The number of esters is 1. The SMILES string of the molecule is COc1ccc(CN(C)C(=O)COC(=O)C(C)N2C(=O)c3cc(Cl)c(Cl)cc3C2=O)cc1F. The molecular weight excluding hydrogens is 478 g/mol. The van der Waals surface area contributed by atoms with E-state index in [0.29, 0.717) is 5.56 Å². The van der Waals surface area contributed by atoms with Gasteiger partial charge in [-0.05, 0) is 36.8 Å². The van der Waals surface area contributed by atoms with Gasteiger partial charge in [0.1, 0.15) is 6.04 Å². The minimum Gasteiger partial charge on any atom is -0.494 e. The maximum atomic E-state index is 13.8. The van der Waals surface area contributed by atoms with Crippen molar-refractivity contribution >= 4 is 46.9 Å². The highest BCUT2D eigenvalue weighted by atomic mass is 35.5. The van der Waals surface area contributed by atoms with E-state index >= 15 is 0 Å². The van der Waals surface area contributed by atoms with Crippen molar-refractivity contribution in [2.75, 3.05) is 20.8 Å². The normalized spacial score (nSPS) is 13.6. The average Bonchev–Trinajstić information content (AvgIpc) is 3.01. The van der Waals surface area contributed by atoms with Gasteiger partial charge >= 0.3 is 5.97 Å². The van der Waals surface area contributed by atoms with Crippen LogP contribution in [0.1, 0.15) is 33.2 Å². The van der Waals surface area contributed by atoms with Crippen LogP contribution in [0.4, 0.5) is 4.39 Å². The third-order valence-corrected chi connectivity index (χ3v) is 5.81. The third-order valence-electron chi connectivity index (χ3n) is 5.09. The van der Waals surface area contributed by atoms with Gasteiger partial charge in [0.15, 0.2) is 18.2 Å². The molecule has 0 radical (unpaired) electrons. The number of methoxy groups -OCH3 is 1. The Kier molecular flexibility index (Phi) is 7.24. The van der Waals surface area contributed by atoms with E-state index in [9.17, 15) is 23.6 Å². The average molecular weight is 497 g/mol. The number of likely N-dealkylation sites (N-methyl/N-ethyl adjacent to an activating group) is 1. The number of carbonyl (C=O) groups is 4. The first-order chi connectivity index (χ1) is 15.5. The second-order valence-electron chi connectivity index (χ2n) is 7.29. The van der Waals surface area contributed by atoms with Crippen LogP contribution < -0.4 is 4.74 Å². The molecule has 0 saturated carbocycles. The number of halogens is 3. The molecule has 3 amide bonds. The molecule has 0 N–H and O–H groups in total. The summed E-state index contributed by atoms with van der Waals surface area (Å²) in [6, 6.07) is 5.50. The van der Waals surface area contributed by atoms with Crippen molar-refractivity contribution in [2.24, 2.45) is 0 Å². The van der Waals surface area contributed by atoms with Crippen LogP contribution in [0, 0.1) is 5.82 Å². The zero-order valence-electron chi connectivity index (χ0n) is 17.9. The van der Waals surface area contributed by atoms with Crippen molar-refractivity contribution in [2.45, 2.75) is 19.5 Å². The van der Waals surface area contributed by atoms with Gasteiger partial charge in [0, 0.05) is 13.6 Å². The number of ether oxygens (including phenoxy) is 2. The number of carbonyl (C=O) groups excluding carboxylic acids is 4. The maximum Gasteiger partial charge on any atom is 0.329 e. The molecule has 0 spiro atoms. The zero-order valence-corrected chi connectivity index (χ0v) is 19.4. The lowest BCUT2D eigenvalue weighted by Crippen LogP contribution is -2.44. The number of benzene rings is 2. The Morgan fingerprint density at radius 3 is 2.18 bits per heavy atom. The fourth-order valence-electron chi connectivity index (χ4n) is 3.24. The molecule has 1 heterocycles. The molecule has 0 aliphatic carbocycles. The molecule has 2 aromatic carbocycles. The van der Waals surface area contributed by atoms with E-state index in [1.54, 1.807) is 6.07 Å². The highest BCUT2D eigenvalue weighted by Crippen LogP contribution is 2.32. The van der Waals surface area contributed by atoms with Crippen molar-refractivity contribution in [1.29, 1.82) is 0 Å². The maximum absolute atomic E-state index is 13.8. The van der Waals surface area contributed by atoms with Crippen LogP contribution >= 0.6 is 23.2 Å². The molecule has 0 fully saturated rings. The van der Waals surface area contributed by atoms with Crippen LogP contribution in [-0.2, 0) is 20.9 Å². The number of imide groups is 1. The Balaban J connectivity index is 1.60. The highest BCUT2D eigenvalue weighted by molar-refractivity contribution is 6.43. The van der Waals surface area contributed by atoms with E-state index < -0.39 is 42.2 Å². The number of fused-ring (bicyclic) bond motifs is 1. The summed E-state index contributed by atoms with van der Waals surface area (Å²) in [5.41, 5.74) is 0.556. The Labute approximate surface area is 198 Å². The summed E-state index contributed by atoms with van der Waals surface area (Å²) in [7, 11) is 2.80. The molecule has 33 heavy (non-hydrogen) atoms. The molecule has 0 saturated heterocycles. The molecule has 174 valence electrons. The van der Waals surface area contributed by atoms with Crippen molar-refractivity contribution in [3.8, 4) is 5.75 Å². The van der Waals surface area contributed by atoms with E-state index in [0.717, 1.165) is 4.90 Å². The van der Waals surface area contributed by atoms with Gasteiger partial charge in [-0.25, -0.2) is 9.18 Å². The first-order valence-corrected chi connectivity index (χ1v) is 10.4. The van der Waals surface area contributed by atoms with E-state index in [1.165, 1.54) is 50.2 Å². The molecule has 1 aliphatic heterocycles. The van der Waals surface area contributed by atoms with Gasteiger partial charge in [-0.2, -0.15) is 0 Å². The second-order valence-corrected chi connectivity index (χ2v) is 8.11. The Morgan fingerprint density at radius 1 is 1.09 bits per heavy atom. The Morgan fingerprint density at radius 2 is 1.67 bits per heavy atom. The summed E-state index contributed by atoms with van der Waals surface area (Å²) in [6.07, 6.45) is 0. The van der Waals surface area contributed by atoms with E-state index in [1.807, 2.05) is 0 Å². The van der Waals surface area contributed by atoms with Crippen LogP contribution in [0.15, 0.2) is 30.3 Å². The van der Waals surface area contributed by atoms with Gasteiger partial charge in [-0.15, -0.1) is 0 Å². The van der Waals surface area contributed by atoms with Crippen molar-refractivity contribution < 1.29 is 33.0 Å². The summed E-state index contributed by atoms with van der Waals surface area (Å²) in [5.74, 6) is -3.44. The van der Waals surface area contributed by atoms with E-state index in [4.69, 9.17) is 32.7 Å². The minimum absolute atomic E-state index is 0.0246. The smallest absolute Gasteiger partial charge is 0.329 e. The van der Waals surface area contributed by atoms with Crippen LogP contribution in [0.5, 0.6) is 5.75 Å². The molecule has 1 atom stereocenters. The molecule has 11 heteroatoms. The lowest BCUT2D eigenvalue weighted by Gasteiger charge is -2.22. The lowest BCUT2D eigenvalue weighted by atomic mass is 10.1. The van der Waals surface area contributed by atoms with Crippen LogP contribution in [0.3, 0.4) is 0 Å². The Hall–Kier alpha value is -3.17. The van der Waals surface area contributed by atoms with Gasteiger partial charge in [0.25, 0.3) is 17.7 Å². The number of rotatable bonds is 7. The second kappa shape index (κ2) is 9.76. The molecule has 2 aromatic rings. The molecular formula is C22H19Cl2FN2O6. The topological polar surface area (TPSA) is 93.2 Å². The first kappa shape index (κ1) is 24.5. The van der Waals surface area contributed by atoms with Crippen LogP contribution in [-0.4, -0.2) is 60.3 Å². The fraction of sp³-hybridized carbons (Fsp3) is 0.273. The monoisotopic (exact) mass is 496 g/mol. The summed E-state index contributed by atoms with van der Waals surface area (Å²) in [4.78, 5) is 52.0. The molecule has 1 unspecified atom stereocenters. The van der Waals surface area contributed by atoms with Crippen LogP contribution in [0.25, 0.3) is 0 Å². The summed E-state index contributed by atoms with van der Waals surface area (Å²) >= 11 is 11.8. The van der Waals surface area contributed by atoms with Gasteiger partial charge in [-0.3, -0.25) is 19.3 Å². The van der Waals surface area contributed by atoms with E-state index in [2.05, 4.69) is 0 Å². The highest BCUT2D eigenvalue weighted by Gasteiger charge is 2.42. The van der Waals surface area contributed by atoms with Crippen LogP contribution in [0.2, 0.25) is 10.0 Å². The first-order valence-electron chi connectivity index (χ1n) is 9.65. The lowest BCUT2D eigenvalue weighted by molar-refractivity contribution is -0.154. The molecule has 0 bridgehead atoms. The number of amides is 3. The molecule has 1 aliphatic rings. The van der Waals surface area contributed by atoms with Gasteiger partial charge in [0.2, 0.25) is 0 Å². The standard InChI is InChI=1S/C22H19Cl2FN2O6/c1-11(27-20(29)13-7-15(23)16(24)8-14(13)21(27)30)22(31)33-10-19(28)26(2)9-12-4-5-18(32-3)17(25)6-12/h4-8,11H,9-10H2,1-3H3. The number of hydrogen-bond acceptors (Lipinski definition) is 6. The predicted octanol–water partition coefficient (Wildman–Crippen LogP) is 3.33. The predicted molar refractivity (Wildman–Crippen MR) is 117 cm³/mol. The molecule has 0 aromatic heterocycles. The summed E-state index contributed by atoms with van der Waals surface area (Å²) < 4.78 is 23.7. The largest absolute Gasteiger partial charge is 0.494 e. The molecule has 8 nitrogen and oxygen atoms in total. The van der Waals surface area contributed by atoms with E-state index in [-0.39, 0.29) is 33.5 Å². The number of hydrogen-bond donors (Lipinski definition) is 0. The summed E-state index contributed by atoms with van der Waals surface area (Å²) in [6.45, 7) is 0.744. The zero-order chi connectivity index (χ0) is 24.4. The van der Waals surface area contributed by atoms with Gasteiger partial charge in [0.05, 0.1) is 28.3 Å². The van der Waals surface area contributed by atoms with Crippen molar-refractivity contribution in [3.63, 3.8) is 0 Å². The quantitative estimate of drug-likeness (QED) is 0.431. The minimum atomic E-state index is -1.29. The summed E-state index contributed by atoms with van der Waals surface area (Å²) in [5, 5.41) is 0.193. The van der Waals surface area contributed by atoms with Crippen molar-refractivity contribution in [1.82, 2.24) is 9.80 Å².